The van der Waals surface area contributed by atoms with E-state index in [9.17, 15) is 26.4 Å². The standard InChI is InChI=1S/C25H21N3O4S.C2HF3O2/c29-25(20-11-9-19(10-12-20)18-32-22-6-2-1-3-7-22)27-21-13-15-23(16-14-21)33(30,31)28-24-8-4-5-17-26-24;3-2(4,5)1(6)7/h1-17H,18H2,(H,26,28)(H,27,29);(H,6,7). The normalized spacial score (nSPS) is 11.0. The molecule has 0 atom stereocenters. The molecule has 0 fully saturated rings. The number of hydrogen-bond donors (Lipinski definition) is 3. The molecule has 0 unspecified atom stereocenters. The molecule has 0 radical (unpaired) electrons. The first kappa shape index (κ1) is 29.6. The molecule has 3 N–H and O–H groups in total. The number of anilines is 2. The van der Waals surface area contributed by atoms with Gasteiger partial charge in [0.1, 0.15) is 18.2 Å². The molecule has 0 spiro atoms. The van der Waals surface area contributed by atoms with Crippen LogP contribution in [-0.4, -0.2) is 36.6 Å². The number of nitrogens with one attached hydrogen (secondary N) is 2. The Morgan fingerprint density at radius 3 is 2.00 bits per heavy atom. The number of amides is 1. The number of rotatable bonds is 8. The van der Waals surface area contributed by atoms with Crippen LogP contribution in [0.15, 0.2) is 108 Å². The second-order valence-corrected chi connectivity index (χ2v) is 9.58. The minimum Gasteiger partial charge on any atom is -0.489 e. The Labute approximate surface area is 227 Å². The summed E-state index contributed by atoms with van der Waals surface area (Å²) in [4.78, 5) is 25.5. The molecule has 13 heteroatoms. The number of ether oxygens (including phenoxy) is 1. The summed E-state index contributed by atoms with van der Waals surface area (Å²) < 4.78 is 64.8. The van der Waals surface area contributed by atoms with Gasteiger partial charge in [0.15, 0.2) is 0 Å². The molecule has 1 amide bonds. The molecule has 0 aliphatic carbocycles. The number of sulfonamides is 1. The van der Waals surface area contributed by atoms with Crippen LogP contribution in [0.4, 0.5) is 24.7 Å². The van der Waals surface area contributed by atoms with E-state index in [4.69, 9.17) is 14.6 Å². The van der Waals surface area contributed by atoms with E-state index in [1.165, 1.54) is 30.5 Å². The van der Waals surface area contributed by atoms with Crippen LogP contribution in [0.3, 0.4) is 0 Å². The van der Waals surface area contributed by atoms with Crippen molar-refractivity contribution < 1.29 is 41.0 Å². The lowest BCUT2D eigenvalue weighted by Gasteiger charge is -2.10. The molecule has 9 nitrogen and oxygen atoms in total. The third-order valence-corrected chi connectivity index (χ3v) is 6.30. The number of aliphatic carboxylic acids is 1. The van der Waals surface area contributed by atoms with Gasteiger partial charge in [-0.2, -0.15) is 13.2 Å². The van der Waals surface area contributed by atoms with Gasteiger partial charge in [-0.3, -0.25) is 9.52 Å². The van der Waals surface area contributed by atoms with E-state index in [-0.39, 0.29) is 16.6 Å². The van der Waals surface area contributed by atoms with Crippen molar-refractivity contribution in [2.24, 2.45) is 0 Å². The third-order valence-electron chi connectivity index (χ3n) is 4.93. The fourth-order valence-electron chi connectivity index (χ4n) is 2.98. The summed E-state index contributed by atoms with van der Waals surface area (Å²) in [5, 5.41) is 9.89. The molecular formula is C27H22F3N3O6S. The first-order valence-electron chi connectivity index (χ1n) is 11.4. The highest BCUT2D eigenvalue weighted by Gasteiger charge is 2.38. The molecule has 1 aromatic heterocycles. The molecule has 4 aromatic rings. The number of carbonyl (C=O) groups excluding carboxylic acids is 1. The van der Waals surface area contributed by atoms with Crippen LogP contribution >= 0.6 is 0 Å². The first-order valence-corrected chi connectivity index (χ1v) is 12.8. The zero-order valence-electron chi connectivity index (χ0n) is 20.5. The number of benzene rings is 3. The van der Waals surface area contributed by atoms with E-state index in [2.05, 4.69) is 15.0 Å². The van der Waals surface area contributed by atoms with Crippen LogP contribution < -0.4 is 14.8 Å². The van der Waals surface area contributed by atoms with E-state index >= 15 is 0 Å². The van der Waals surface area contributed by atoms with E-state index in [1.807, 2.05) is 42.5 Å². The van der Waals surface area contributed by atoms with Crippen LogP contribution in [0.1, 0.15) is 15.9 Å². The largest absolute Gasteiger partial charge is 0.490 e. The summed E-state index contributed by atoms with van der Waals surface area (Å²) in [5.74, 6) is -2.05. The van der Waals surface area contributed by atoms with Gasteiger partial charge >= 0.3 is 12.1 Å². The SMILES string of the molecule is O=C(Nc1ccc(S(=O)(=O)Nc2ccccn2)cc1)c1ccc(COc2ccccc2)cc1.O=C(O)C(F)(F)F. The van der Waals surface area contributed by atoms with Crippen LogP contribution in [0.2, 0.25) is 0 Å². The van der Waals surface area contributed by atoms with Gasteiger partial charge in [-0.1, -0.05) is 36.4 Å². The average Bonchev–Trinajstić information content (AvgIpc) is 2.93. The number of alkyl halides is 3. The van der Waals surface area contributed by atoms with Gasteiger partial charge in [-0.25, -0.2) is 18.2 Å². The smallest absolute Gasteiger partial charge is 0.489 e. The Bertz CT molecular complexity index is 1520. The highest BCUT2D eigenvalue weighted by molar-refractivity contribution is 7.92. The third kappa shape index (κ3) is 9.13. The molecule has 3 aromatic carbocycles. The Morgan fingerprint density at radius 1 is 0.850 bits per heavy atom. The van der Waals surface area contributed by atoms with Crippen molar-refractivity contribution in [2.45, 2.75) is 17.7 Å². The Balaban J connectivity index is 0.000000559. The number of nitrogens with zero attached hydrogens (tertiary/aromatic N) is 1. The summed E-state index contributed by atoms with van der Waals surface area (Å²) in [5.41, 5.74) is 1.89. The zero-order valence-corrected chi connectivity index (χ0v) is 21.3. The van der Waals surface area contributed by atoms with E-state index in [0.29, 0.717) is 17.9 Å². The van der Waals surface area contributed by atoms with Gasteiger partial charge < -0.3 is 15.2 Å². The predicted molar refractivity (Wildman–Crippen MR) is 140 cm³/mol. The van der Waals surface area contributed by atoms with Gasteiger partial charge in [0.2, 0.25) is 0 Å². The second kappa shape index (κ2) is 13.2. The number of hydrogen-bond acceptors (Lipinski definition) is 6. The van der Waals surface area contributed by atoms with Crippen LogP contribution in [0, 0.1) is 0 Å². The van der Waals surface area contributed by atoms with E-state index in [1.54, 1.807) is 30.3 Å². The molecule has 40 heavy (non-hydrogen) atoms. The average molecular weight is 574 g/mol. The van der Waals surface area contributed by atoms with Crippen molar-refractivity contribution in [2.75, 3.05) is 10.0 Å². The van der Waals surface area contributed by atoms with Gasteiger partial charge in [0.05, 0.1) is 4.90 Å². The quantitative estimate of drug-likeness (QED) is 0.259. The highest BCUT2D eigenvalue weighted by Crippen LogP contribution is 2.18. The van der Waals surface area contributed by atoms with Gasteiger partial charge in [-0.15, -0.1) is 0 Å². The summed E-state index contributed by atoms with van der Waals surface area (Å²) in [6, 6.07) is 27.4. The number of halogens is 3. The molecule has 1 heterocycles. The predicted octanol–water partition coefficient (Wildman–Crippen LogP) is 5.35. The molecule has 0 bridgehead atoms. The Hall–Kier alpha value is -4.91. The van der Waals surface area contributed by atoms with Crippen molar-refractivity contribution >= 4 is 33.4 Å². The van der Waals surface area contributed by atoms with Crippen LogP contribution in [0.25, 0.3) is 0 Å². The number of carboxylic acids is 1. The van der Waals surface area contributed by atoms with E-state index in [0.717, 1.165) is 11.3 Å². The summed E-state index contributed by atoms with van der Waals surface area (Å²) >= 11 is 0. The fourth-order valence-corrected chi connectivity index (χ4v) is 3.98. The van der Waals surface area contributed by atoms with Gasteiger partial charge in [0.25, 0.3) is 15.9 Å². The lowest BCUT2D eigenvalue weighted by Crippen LogP contribution is -2.21. The van der Waals surface area contributed by atoms with Crippen LogP contribution in [0.5, 0.6) is 5.75 Å². The van der Waals surface area contributed by atoms with Crippen LogP contribution in [-0.2, 0) is 21.4 Å². The monoisotopic (exact) mass is 573 g/mol. The van der Waals surface area contributed by atoms with Gasteiger partial charge in [0, 0.05) is 17.4 Å². The van der Waals surface area contributed by atoms with Crippen molar-refractivity contribution in [3.05, 3.63) is 114 Å². The Kier molecular flexibility index (Phi) is 9.81. The molecule has 0 aliphatic rings. The fraction of sp³-hybridized carbons (Fsp3) is 0.0741. The minimum absolute atomic E-state index is 0.0638. The number of aromatic nitrogens is 1. The topological polar surface area (TPSA) is 135 Å². The number of carboxylic acid groups (broad SMARTS) is 1. The van der Waals surface area contributed by atoms with Crippen molar-refractivity contribution in [1.29, 1.82) is 0 Å². The second-order valence-electron chi connectivity index (χ2n) is 7.90. The van der Waals surface area contributed by atoms with Gasteiger partial charge in [-0.05, 0) is 66.2 Å². The highest BCUT2D eigenvalue weighted by atomic mass is 32.2. The number of pyridine rings is 1. The van der Waals surface area contributed by atoms with Crippen molar-refractivity contribution in [1.82, 2.24) is 4.98 Å². The lowest BCUT2D eigenvalue weighted by atomic mass is 10.1. The maximum atomic E-state index is 12.5. The molecule has 0 saturated heterocycles. The lowest BCUT2D eigenvalue weighted by molar-refractivity contribution is -0.192. The molecule has 0 saturated carbocycles. The van der Waals surface area contributed by atoms with Crippen molar-refractivity contribution in [3.63, 3.8) is 0 Å². The molecule has 4 rings (SSSR count). The maximum absolute atomic E-state index is 12.5. The number of para-hydroxylation sites is 1. The summed E-state index contributed by atoms with van der Waals surface area (Å²) in [6.07, 6.45) is -3.58. The molecule has 0 aliphatic heterocycles. The summed E-state index contributed by atoms with van der Waals surface area (Å²) in [6.45, 7) is 0.397. The number of carbonyl (C=O) groups is 2. The molecule has 208 valence electrons. The first-order chi connectivity index (χ1) is 18.9. The molecular weight excluding hydrogens is 551 g/mol. The minimum atomic E-state index is -5.08. The van der Waals surface area contributed by atoms with Crippen molar-refractivity contribution in [3.8, 4) is 5.75 Å². The maximum Gasteiger partial charge on any atom is 0.490 e. The zero-order chi connectivity index (χ0) is 29.2. The summed E-state index contributed by atoms with van der Waals surface area (Å²) in [7, 11) is -3.78. The van der Waals surface area contributed by atoms with E-state index < -0.39 is 22.2 Å². The Morgan fingerprint density at radius 2 is 1.45 bits per heavy atom.